The van der Waals surface area contributed by atoms with Gasteiger partial charge in [0.25, 0.3) is 5.78 Å². The van der Waals surface area contributed by atoms with E-state index in [0.29, 0.717) is 17.2 Å². The molecule has 112 valence electrons. The monoisotopic (exact) mass is 296 g/mol. The van der Waals surface area contributed by atoms with E-state index in [1.54, 1.807) is 35.0 Å². The Labute approximate surface area is 127 Å². The second kappa shape index (κ2) is 5.44. The molecule has 3 rings (SSSR count). The van der Waals surface area contributed by atoms with E-state index in [1.165, 1.54) is 0 Å². The Morgan fingerprint density at radius 2 is 2.18 bits per heavy atom. The van der Waals surface area contributed by atoms with Gasteiger partial charge in [0.1, 0.15) is 6.33 Å². The van der Waals surface area contributed by atoms with Crippen LogP contribution in [0.4, 0.5) is 11.4 Å². The molecule has 2 heterocycles. The Morgan fingerprint density at radius 3 is 2.95 bits per heavy atom. The Bertz CT molecular complexity index is 854. The number of hydrogen-bond donors (Lipinski definition) is 2. The smallest absolute Gasteiger partial charge is 0.255 e. The molecule has 0 radical (unpaired) electrons. The number of nitrogens with one attached hydrogen (secondary N) is 1. The highest BCUT2D eigenvalue weighted by Gasteiger charge is 2.14. The maximum absolute atomic E-state index is 12.3. The zero-order valence-electron chi connectivity index (χ0n) is 12.4. The summed E-state index contributed by atoms with van der Waals surface area (Å²) < 4.78 is 1.77. The molecule has 1 amide bonds. The zero-order chi connectivity index (χ0) is 15.7. The predicted molar refractivity (Wildman–Crippen MR) is 83.4 cm³/mol. The van der Waals surface area contributed by atoms with E-state index in [2.05, 4.69) is 20.5 Å². The first-order chi connectivity index (χ1) is 10.5. The summed E-state index contributed by atoms with van der Waals surface area (Å²) in [5, 5.41) is 10.6. The second-order valence-electron chi connectivity index (χ2n) is 5.11. The molecule has 2 aromatic heterocycles. The maximum atomic E-state index is 12.3. The van der Waals surface area contributed by atoms with Crippen LogP contribution in [0.25, 0.3) is 5.78 Å². The van der Waals surface area contributed by atoms with Gasteiger partial charge in [-0.1, -0.05) is 6.07 Å². The van der Waals surface area contributed by atoms with Crippen LogP contribution in [0.1, 0.15) is 17.0 Å². The Kier molecular flexibility index (Phi) is 3.46. The van der Waals surface area contributed by atoms with Crippen molar-refractivity contribution in [3.63, 3.8) is 0 Å². The minimum absolute atomic E-state index is 0.119. The number of aromatic nitrogens is 4. The normalized spacial score (nSPS) is 10.8. The second-order valence-corrected chi connectivity index (χ2v) is 5.11. The number of carbonyl (C=O) groups excluding carboxylic acids is 1. The van der Waals surface area contributed by atoms with Crippen molar-refractivity contribution in [2.45, 2.75) is 20.3 Å². The lowest BCUT2D eigenvalue weighted by molar-refractivity contribution is -0.115. The lowest BCUT2D eigenvalue weighted by atomic mass is 10.1. The summed E-state index contributed by atoms with van der Waals surface area (Å²) in [6.07, 6.45) is 1.82. The summed E-state index contributed by atoms with van der Waals surface area (Å²) >= 11 is 0. The van der Waals surface area contributed by atoms with Crippen LogP contribution >= 0.6 is 0 Å². The fourth-order valence-corrected chi connectivity index (χ4v) is 2.40. The molecule has 0 fully saturated rings. The molecule has 0 saturated carbocycles. The highest BCUT2D eigenvalue weighted by atomic mass is 16.1. The standard InChI is InChI=1S/C15H16N6O/c1-9-13(10(2)21-8-17-20-15(21)18-9)7-14(22)19-12-5-3-4-11(16)6-12/h3-6,8H,7,16H2,1-2H3,(H,19,22). The van der Waals surface area contributed by atoms with Gasteiger partial charge >= 0.3 is 0 Å². The molecular formula is C15H16N6O. The van der Waals surface area contributed by atoms with Gasteiger partial charge in [-0.25, -0.2) is 4.98 Å². The number of anilines is 2. The van der Waals surface area contributed by atoms with Crippen molar-refractivity contribution in [2.24, 2.45) is 0 Å². The highest BCUT2D eigenvalue weighted by molar-refractivity contribution is 5.92. The van der Waals surface area contributed by atoms with Gasteiger partial charge in [-0.15, -0.1) is 10.2 Å². The molecule has 3 aromatic rings. The molecule has 0 spiro atoms. The molecule has 0 saturated heterocycles. The zero-order valence-corrected chi connectivity index (χ0v) is 12.4. The minimum Gasteiger partial charge on any atom is -0.399 e. The van der Waals surface area contributed by atoms with Gasteiger partial charge in [0.2, 0.25) is 5.91 Å². The first-order valence-corrected chi connectivity index (χ1v) is 6.86. The summed E-state index contributed by atoms with van der Waals surface area (Å²) in [6.45, 7) is 3.79. The molecule has 0 bridgehead atoms. The molecule has 7 heteroatoms. The molecule has 0 aliphatic heterocycles. The topological polar surface area (TPSA) is 98.2 Å². The van der Waals surface area contributed by atoms with Crippen molar-refractivity contribution in [1.29, 1.82) is 0 Å². The molecule has 1 aromatic carbocycles. The molecule has 0 atom stereocenters. The van der Waals surface area contributed by atoms with Crippen LogP contribution in [0.5, 0.6) is 0 Å². The number of aryl methyl sites for hydroxylation is 2. The lowest BCUT2D eigenvalue weighted by Gasteiger charge is -2.11. The van der Waals surface area contributed by atoms with Crippen LogP contribution in [0.3, 0.4) is 0 Å². The largest absolute Gasteiger partial charge is 0.399 e. The van der Waals surface area contributed by atoms with Crippen LogP contribution < -0.4 is 11.1 Å². The van der Waals surface area contributed by atoms with Crippen molar-refractivity contribution >= 4 is 23.1 Å². The Hall–Kier alpha value is -2.96. The van der Waals surface area contributed by atoms with Gasteiger partial charge < -0.3 is 11.1 Å². The van der Waals surface area contributed by atoms with Crippen molar-refractivity contribution in [3.8, 4) is 0 Å². The average Bonchev–Trinajstić information content (AvgIpc) is 2.91. The van der Waals surface area contributed by atoms with Crippen molar-refractivity contribution in [3.05, 3.63) is 47.5 Å². The number of carbonyl (C=O) groups is 1. The number of nitrogen functional groups attached to an aromatic ring is 1. The third kappa shape index (κ3) is 2.60. The number of nitrogens with two attached hydrogens (primary N) is 1. The van der Waals surface area contributed by atoms with E-state index >= 15 is 0 Å². The number of amides is 1. The van der Waals surface area contributed by atoms with E-state index in [1.807, 2.05) is 13.8 Å². The fourth-order valence-electron chi connectivity index (χ4n) is 2.40. The van der Waals surface area contributed by atoms with Crippen LogP contribution in [0.15, 0.2) is 30.6 Å². The summed E-state index contributed by atoms with van der Waals surface area (Å²) in [4.78, 5) is 16.6. The predicted octanol–water partition coefficient (Wildman–Crippen LogP) is 1.50. The van der Waals surface area contributed by atoms with Gasteiger partial charge in [0.15, 0.2) is 0 Å². The summed E-state index contributed by atoms with van der Waals surface area (Å²) in [5.41, 5.74) is 9.56. The summed E-state index contributed by atoms with van der Waals surface area (Å²) in [5.74, 6) is 0.418. The SMILES string of the molecule is Cc1nc2nncn2c(C)c1CC(=O)Nc1cccc(N)c1. The van der Waals surface area contributed by atoms with Crippen LogP contribution in [0, 0.1) is 13.8 Å². The molecular weight excluding hydrogens is 280 g/mol. The molecule has 0 unspecified atom stereocenters. The van der Waals surface area contributed by atoms with Crippen molar-refractivity contribution < 1.29 is 4.79 Å². The minimum atomic E-state index is -0.119. The van der Waals surface area contributed by atoms with E-state index in [4.69, 9.17) is 5.73 Å². The number of nitrogens with zero attached hydrogens (tertiary/aromatic N) is 4. The molecule has 0 aliphatic carbocycles. The Morgan fingerprint density at radius 1 is 1.36 bits per heavy atom. The van der Waals surface area contributed by atoms with Gasteiger partial charge in [-0.2, -0.15) is 0 Å². The number of rotatable bonds is 3. The van der Waals surface area contributed by atoms with Crippen molar-refractivity contribution in [2.75, 3.05) is 11.1 Å². The molecule has 7 nitrogen and oxygen atoms in total. The van der Waals surface area contributed by atoms with Crippen molar-refractivity contribution in [1.82, 2.24) is 19.6 Å². The maximum Gasteiger partial charge on any atom is 0.255 e. The van der Waals surface area contributed by atoms with Crippen LogP contribution in [-0.4, -0.2) is 25.5 Å². The number of benzene rings is 1. The molecule has 0 aliphatic rings. The molecule has 3 N–H and O–H groups in total. The first-order valence-electron chi connectivity index (χ1n) is 6.86. The Balaban J connectivity index is 1.85. The van der Waals surface area contributed by atoms with Gasteiger partial charge in [-0.05, 0) is 32.0 Å². The molecule has 22 heavy (non-hydrogen) atoms. The van der Waals surface area contributed by atoms with Gasteiger partial charge in [-0.3, -0.25) is 9.20 Å². The highest BCUT2D eigenvalue weighted by Crippen LogP contribution is 2.16. The van der Waals surface area contributed by atoms with E-state index in [9.17, 15) is 4.79 Å². The van der Waals surface area contributed by atoms with Gasteiger partial charge in [0.05, 0.1) is 6.42 Å². The van der Waals surface area contributed by atoms with Gasteiger partial charge in [0, 0.05) is 28.3 Å². The van der Waals surface area contributed by atoms with E-state index in [-0.39, 0.29) is 12.3 Å². The summed E-state index contributed by atoms with van der Waals surface area (Å²) in [7, 11) is 0. The first kappa shape index (κ1) is 14.0. The average molecular weight is 296 g/mol. The summed E-state index contributed by atoms with van der Waals surface area (Å²) in [6, 6.07) is 7.09. The fraction of sp³-hybridized carbons (Fsp3) is 0.200. The van der Waals surface area contributed by atoms with Crippen LogP contribution in [0.2, 0.25) is 0 Å². The van der Waals surface area contributed by atoms with Crippen LogP contribution in [-0.2, 0) is 11.2 Å². The number of fused-ring (bicyclic) bond motifs is 1. The van der Waals surface area contributed by atoms with E-state index in [0.717, 1.165) is 17.0 Å². The lowest BCUT2D eigenvalue weighted by Crippen LogP contribution is -2.17. The third-order valence-corrected chi connectivity index (χ3v) is 3.54. The third-order valence-electron chi connectivity index (χ3n) is 3.54. The van der Waals surface area contributed by atoms with E-state index < -0.39 is 0 Å². The quantitative estimate of drug-likeness (QED) is 0.714. The number of hydrogen-bond acceptors (Lipinski definition) is 5.